The van der Waals surface area contributed by atoms with Crippen LogP contribution in [0.5, 0.6) is 0 Å². The van der Waals surface area contributed by atoms with E-state index in [1.807, 2.05) is 6.92 Å². The van der Waals surface area contributed by atoms with Crippen LogP contribution in [-0.2, 0) is 19.1 Å². The van der Waals surface area contributed by atoms with Crippen molar-refractivity contribution in [3.05, 3.63) is 12.2 Å². The van der Waals surface area contributed by atoms with Crippen LogP contribution in [0.3, 0.4) is 0 Å². The van der Waals surface area contributed by atoms with Crippen molar-refractivity contribution in [1.82, 2.24) is 0 Å². The molecule has 0 amide bonds. The Morgan fingerprint density at radius 2 is 2.09 bits per heavy atom. The zero-order chi connectivity index (χ0) is 17.2. The fourth-order valence-corrected chi connectivity index (χ4v) is 5.11. The Kier molecular flexibility index (Phi) is 3.61. The van der Waals surface area contributed by atoms with E-state index in [0.717, 1.165) is 0 Å². The third-order valence-electron chi connectivity index (χ3n) is 6.01. The van der Waals surface area contributed by atoms with Gasteiger partial charge in [0.25, 0.3) is 0 Å². The molecule has 6 nitrogen and oxygen atoms in total. The van der Waals surface area contributed by atoms with Crippen molar-refractivity contribution in [3.8, 4) is 0 Å². The van der Waals surface area contributed by atoms with Crippen molar-refractivity contribution in [2.24, 2.45) is 17.3 Å². The molecule has 3 rings (SSSR count). The summed E-state index contributed by atoms with van der Waals surface area (Å²) in [5, 5.41) is 21.8. The fraction of sp³-hybridized carbons (Fsp3) is 0.765. The molecule has 2 saturated carbocycles. The first-order valence-corrected chi connectivity index (χ1v) is 8.05. The Bertz CT molecular complexity index is 567. The van der Waals surface area contributed by atoms with Crippen LogP contribution in [-0.4, -0.2) is 46.1 Å². The second-order valence-electron chi connectivity index (χ2n) is 7.67. The SMILES string of the molecule is C=C1C(=O)O[C@H]2C[C@]3(C)[C@@H]([C@@H](O)[C@H]12)[C@](C)(O)CC[C@H]3OC(C)=O. The summed E-state index contributed by atoms with van der Waals surface area (Å²) in [4.78, 5) is 23.3. The average Bonchev–Trinajstić information content (AvgIpc) is 2.67. The van der Waals surface area contributed by atoms with Gasteiger partial charge in [-0.3, -0.25) is 4.79 Å². The summed E-state index contributed by atoms with van der Waals surface area (Å²) in [7, 11) is 0. The van der Waals surface area contributed by atoms with Crippen LogP contribution in [0.25, 0.3) is 0 Å². The Labute approximate surface area is 135 Å². The van der Waals surface area contributed by atoms with Gasteiger partial charge in [0.2, 0.25) is 0 Å². The van der Waals surface area contributed by atoms with Gasteiger partial charge in [-0.2, -0.15) is 0 Å². The first-order valence-electron chi connectivity index (χ1n) is 8.05. The second-order valence-corrected chi connectivity index (χ2v) is 7.67. The van der Waals surface area contributed by atoms with E-state index in [-0.39, 0.29) is 11.5 Å². The molecule has 6 heteroatoms. The Hall–Kier alpha value is -1.40. The minimum Gasteiger partial charge on any atom is -0.462 e. The van der Waals surface area contributed by atoms with Crippen LogP contribution < -0.4 is 0 Å². The lowest BCUT2D eigenvalue weighted by atomic mass is 9.50. The fourth-order valence-electron chi connectivity index (χ4n) is 5.11. The smallest absolute Gasteiger partial charge is 0.334 e. The maximum Gasteiger partial charge on any atom is 0.334 e. The zero-order valence-corrected chi connectivity index (χ0v) is 13.7. The van der Waals surface area contributed by atoms with Crippen LogP contribution in [0.1, 0.15) is 40.0 Å². The van der Waals surface area contributed by atoms with Gasteiger partial charge >= 0.3 is 11.9 Å². The lowest BCUT2D eigenvalue weighted by Crippen LogP contribution is -2.65. The lowest BCUT2D eigenvalue weighted by molar-refractivity contribution is -0.235. The molecule has 0 radical (unpaired) electrons. The van der Waals surface area contributed by atoms with Gasteiger partial charge in [-0.1, -0.05) is 13.5 Å². The second kappa shape index (κ2) is 5.05. The van der Waals surface area contributed by atoms with Crippen molar-refractivity contribution in [1.29, 1.82) is 0 Å². The molecule has 0 aromatic heterocycles. The summed E-state index contributed by atoms with van der Waals surface area (Å²) in [5.41, 5.74) is -1.52. The number of carbonyl (C=O) groups is 2. The highest BCUT2D eigenvalue weighted by atomic mass is 16.6. The molecular formula is C17H24O6. The van der Waals surface area contributed by atoms with Crippen LogP contribution in [0.15, 0.2) is 12.2 Å². The number of rotatable bonds is 1. The molecule has 0 spiro atoms. The standard InChI is InChI=1S/C17H24O6/c1-8-12-10(23-15(8)20)7-16(3)11(22-9(2)18)5-6-17(4,21)14(16)13(12)19/h10-14,19,21H,1,5-7H2,2-4H3/t10-,11+,12+,13-,14+,16-,17+/m0/s1. The maximum absolute atomic E-state index is 11.8. The first-order chi connectivity index (χ1) is 10.6. The molecule has 23 heavy (non-hydrogen) atoms. The lowest BCUT2D eigenvalue weighted by Gasteiger charge is -2.59. The predicted molar refractivity (Wildman–Crippen MR) is 80.1 cm³/mol. The number of aliphatic hydroxyl groups is 2. The van der Waals surface area contributed by atoms with Gasteiger partial charge in [-0.25, -0.2) is 4.79 Å². The van der Waals surface area contributed by atoms with Crippen LogP contribution in [0.4, 0.5) is 0 Å². The van der Waals surface area contributed by atoms with Gasteiger partial charge in [0.15, 0.2) is 0 Å². The molecule has 1 aliphatic heterocycles. The van der Waals surface area contributed by atoms with Crippen LogP contribution in [0, 0.1) is 17.3 Å². The van der Waals surface area contributed by atoms with Gasteiger partial charge in [-0.05, 0) is 26.2 Å². The molecule has 1 saturated heterocycles. The van der Waals surface area contributed by atoms with Gasteiger partial charge in [0, 0.05) is 23.8 Å². The number of ether oxygens (including phenoxy) is 2. The van der Waals surface area contributed by atoms with Crippen molar-refractivity contribution >= 4 is 11.9 Å². The molecule has 7 atom stereocenters. The molecule has 0 aromatic rings. The van der Waals surface area contributed by atoms with E-state index >= 15 is 0 Å². The molecule has 2 N–H and O–H groups in total. The normalized spacial score (nSPS) is 49.2. The predicted octanol–water partition coefficient (Wildman–Crippen LogP) is 0.948. The molecule has 2 aliphatic carbocycles. The summed E-state index contributed by atoms with van der Waals surface area (Å²) < 4.78 is 10.8. The van der Waals surface area contributed by atoms with Crippen LogP contribution in [0.2, 0.25) is 0 Å². The summed E-state index contributed by atoms with van der Waals surface area (Å²) in [6.45, 7) is 8.69. The minimum atomic E-state index is -1.11. The molecule has 0 unspecified atom stereocenters. The highest BCUT2D eigenvalue weighted by molar-refractivity contribution is 5.91. The highest BCUT2D eigenvalue weighted by Crippen LogP contribution is 2.59. The molecule has 0 bridgehead atoms. The van der Waals surface area contributed by atoms with Crippen molar-refractivity contribution < 1.29 is 29.3 Å². The highest BCUT2D eigenvalue weighted by Gasteiger charge is 2.65. The van der Waals surface area contributed by atoms with E-state index in [4.69, 9.17) is 9.47 Å². The van der Waals surface area contributed by atoms with E-state index in [9.17, 15) is 19.8 Å². The van der Waals surface area contributed by atoms with Crippen molar-refractivity contribution in [2.75, 3.05) is 0 Å². The molecule has 1 heterocycles. The van der Waals surface area contributed by atoms with E-state index in [0.29, 0.717) is 19.3 Å². The number of fused-ring (bicyclic) bond motifs is 2. The zero-order valence-electron chi connectivity index (χ0n) is 13.7. The van der Waals surface area contributed by atoms with Gasteiger partial charge in [0.1, 0.15) is 12.2 Å². The number of hydrogen-bond donors (Lipinski definition) is 2. The summed E-state index contributed by atoms with van der Waals surface area (Å²) in [6.07, 6.45) is -0.518. The number of aliphatic hydroxyl groups excluding tert-OH is 1. The number of esters is 2. The largest absolute Gasteiger partial charge is 0.462 e. The third-order valence-corrected chi connectivity index (χ3v) is 6.01. The van der Waals surface area contributed by atoms with Gasteiger partial charge in [0.05, 0.1) is 17.6 Å². The van der Waals surface area contributed by atoms with E-state index in [1.165, 1.54) is 6.92 Å². The summed E-state index contributed by atoms with van der Waals surface area (Å²) in [6, 6.07) is 0. The monoisotopic (exact) mass is 324 g/mol. The molecule has 128 valence electrons. The molecule has 3 aliphatic rings. The Morgan fingerprint density at radius 1 is 1.43 bits per heavy atom. The van der Waals surface area contributed by atoms with Gasteiger partial charge in [-0.15, -0.1) is 0 Å². The number of hydrogen-bond acceptors (Lipinski definition) is 6. The molecule has 3 fully saturated rings. The van der Waals surface area contributed by atoms with Crippen LogP contribution >= 0.6 is 0 Å². The number of carbonyl (C=O) groups excluding carboxylic acids is 2. The van der Waals surface area contributed by atoms with E-state index < -0.39 is 47.1 Å². The summed E-state index contributed by atoms with van der Waals surface area (Å²) in [5.74, 6) is -1.92. The van der Waals surface area contributed by atoms with Crippen molar-refractivity contribution in [2.45, 2.75) is 63.9 Å². The van der Waals surface area contributed by atoms with Gasteiger partial charge < -0.3 is 19.7 Å². The minimum absolute atomic E-state index is 0.259. The molecule has 0 aromatic carbocycles. The quantitative estimate of drug-likeness (QED) is 0.551. The van der Waals surface area contributed by atoms with E-state index in [2.05, 4.69) is 6.58 Å². The average molecular weight is 324 g/mol. The Morgan fingerprint density at radius 3 is 2.70 bits per heavy atom. The first kappa shape index (κ1) is 16.5. The maximum atomic E-state index is 11.8. The third kappa shape index (κ3) is 2.31. The topological polar surface area (TPSA) is 93.1 Å². The molecular weight excluding hydrogens is 300 g/mol. The Balaban J connectivity index is 2.02. The van der Waals surface area contributed by atoms with Crippen molar-refractivity contribution in [3.63, 3.8) is 0 Å². The summed E-state index contributed by atoms with van der Waals surface area (Å²) >= 11 is 0. The van der Waals surface area contributed by atoms with E-state index in [1.54, 1.807) is 6.92 Å².